The zero-order chi connectivity index (χ0) is 14.9. The lowest BCUT2D eigenvalue weighted by Gasteiger charge is -2.16. The van der Waals surface area contributed by atoms with E-state index in [-0.39, 0.29) is 18.0 Å². The van der Waals surface area contributed by atoms with Gasteiger partial charge in [0.25, 0.3) is 0 Å². The van der Waals surface area contributed by atoms with Crippen LogP contribution in [-0.2, 0) is 4.79 Å². The third-order valence-corrected chi connectivity index (χ3v) is 3.15. The number of aromatic hydroxyl groups is 1. The van der Waals surface area contributed by atoms with Gasteiger partial charge in [-0.25, -0.2) is 4.39 Å². The minimum absolute atomic E-state index is 0.0823. The molecule has 0 bridgehead atoms. The normalized spacial score (nSPS) is 15.0. The van der Waals surface area contributed by atoms with Gasteiger partial charge in [0.15, 0.2) is 0 Å². The Morgan fingerprint density at radius 3 is 2.65 bits per heavy atom. The minimum Gasteiger partial charge on any atom is -0.508 e. The van der Waals surface area contributed by atoms with Gasteiger partial charge in [-0.2, -0.15) is 10.2 Å². The second-order valence-corrected chi connectivity index (χ2v) is 5.90. The van der Waals surface area contributed by atoms with Gasteiger partial charge in [-0.05, 0) is 12.1 Å². The number of rotatable bonds is 3. The number of carbonyl (C=O) groups is 1. The fourth-order valence-electron chi connectivity index (χ4n) is 1.83. The van der Waals surface area contributed by atoms with Crippen molar-refractivity contribution in [3.8, 4) is 5.75 Å². The Labute approximate surface area is 117 Å². The summed E-state index contributed by atoms with van der Waals surface area (Å²) in [6, 6.07) is 3.91. The number of hydrogen-bond donors (Lipinski definition) is 1. The topological polar surface area (TPSA) is 62.0 Å². The zero-order valence-corrected chi connectivity index (χ0v) is 11.8. The summed E-state index contributed by atoms with van der Waals surface area (Å²) < 4.78 is 13.7. The van der Waals surface area contributed by atoms with Crippen LogP contribution in [0.25, 0.3) is 0 Å². The van der Waals surface area contributed by atoms with Crippen molar-refractivity contribution in [1.82, 2.24) is 0 Å². The summed E-state index contributed by atoms with van der Waals surface area (Å²) in [5.74, 6) is -0.588. The average Bonchev–Trinajstić information content (AvgIpc) is 2.76. The molecule has 4 nitrogen and oxygen atoms in total. The van der Waals surface area contributed by atoms with Crippen molar-refractivity contribution in [2.45, 2.75) is 33.6 Å². The van der Waals surface area contributed by atoms with Crippen LogP contribution in [-0.4, -0.2) is 22.3 Å². The summed E-state index contributed by atoms with van der Waals surface area (Å²) in [7, 11) is 0. The molecule has 0 fully saturated rings. The summed E-state index contributed by atoms with van der Waals surface area (Å²) in [6.07, 6.45) is 0.597. The second kappa shape index (κ2) is 5.15. The molecule has 1 aliphatic heterocycles. The fraction of sp³-hybridized carbons (Fsp3) is 0.400. The molecule has 1 aromatic carbocycles. The van der Waals surface area contributed by atoms with Gasteiger partial charge in [-0.1, -0.05) is 20.8 Å². The van der Waals surface area contributed by atoms with Crippen molar-refractivity contribution < 1.29 is 14.3 Å². The number of hydrogen-bond acceptors (Lipinski definition) is 4. The molecule has 2 rings (SSSR count). The molecule has 1 N–H and O–H groups in total. The minimum atomic E-state index is -0.539. The van der Waals surface area contributed by atoms with Gasteiger partial charge in [0, 0.05) is 29.9 Å². The van der Waals surface area contributed by atoms with Crippen LogP contribution in [0.1, 0.15) is 39.2 Å². The first-order valence-corrected chi connectivity index (χ1v) is 6.42. The molecular formula is C15H17FN2O2. The molecule has 0 aromatic heterocycles. The average molecular weight is 276 g/mol. The molecule has 1 aromatic rings. The van der Waals surface area contributed by atoms with Crippen LogP contribution in [0.5, 0.6) is 5.75 Å². The Bertz CT molecular complexity index is 613. The van der Waals surface area contributed by atoms with E-state index in [1.165, 1.54) is 12.1 Å². The first kappa shape index (κ1) is 14.4. The number of Topliss-reactive ketones (excluding diaryl/α,β-unsaturated/α-hetero) is 1. The van der Waals surface area contributed by atoms with Crippen molar-refractivity contribution in [2.24, 2.45) is 15.6 Å². The summed E-state index contributed by atoms with van der Waals surface area (Å²) >= 11 is 0. The number of ketones is 1. The smallest absolute Gasteiger partial charge is 0.143 e. The Morgan fingerprint density at radius 1 is 1.35 bits per heavy atom. The molecule has 0 aliphatic carbocycles. The number of nitrogens with zero attached hydrogens (tertiary/aromatic N) is 2. The molecular weight excluding hydrogens is 259 g/mol. The van der Waals surface area contributed by atoms with Crippen LogP contribution >= 0.6 is 0 Å². The van der Waals surface area contributed by atoms with Crippen LogP contribution in [0, 0.1) is 11.2 Å². The SMILES string of the molecule is CC(C)(C)C(=O)CC1=NN=C(c2ccc(O)cc2F)C1. The number of halogens is 1. The molecule has 0 spiro atoms. The molecule has 20 heavy (non-hydrogen) atoms. The van der Waals surface area contributed by atoms with Crippen LogP contribution in [0.15, 0.2) is 28.4 Å². The highest BCUT2D eigenvalue weighted by Crippen LogP contribution is 2.22. The van der Waals surface area contributed by atoms with E-state index in [0.717, 1.165) is 6.07 Å². The first-order valence-electron chi connectivity index (χ1n) is 6.42. The zero-order valence-electron chi connectivity index (χ0n) is 11.8. The third-order valence-electron chi connectivity index (χ3n) is 3.15. The molecule has 0 atom stereocenters. The van der Waals surface area contributed by atoms with Gasteiger partial charge in [0.1, 0.15) is 17.3 Å². The van der Waals surface area contributed by atoms with E-state index in [1.807, 2.05) is 20.8 Å². The third kappa shape index (κ3) is 3.10. The number of phenols is 1. The van der Waals surface area contributed by atoms with Crippen LogP contribution in [0.4, 0.5) is 4.39 Å². The summed E-state index contributed by atoms with van der Waals surface area (Å²) in [5.41, 5.74) is 1.02. The van der Waals surface area contributed by atoms with Crippen molar-refractivity contribution >= 4 is 17.2 Å². The Balaban J connectivity index is 2.06. The van der Waals surface area contributed by atoms with E-state index in [1.54, 1.807) is 0 Å². The Morgan fingerprint density at radius 2 is 2.05 bits per heavy atom. The monoisotopic (exact) mass is 276 g/mol. The van der Waals surface area contributed by atoms with Crippen molar-refractivity contribution in [3.05, 3.63) is 29.6 Å². The van der Waals surface area contributed by atoms with E-state index >= 15 is 0 Å². The number of carbonyl (C=O) groups excluding carboxylic acids is 1. The molecule has 0 radical (unpaired) electrons. The Hall–Kier alpha value is -2.04. The van der Waals surface area contributed by atoms with E-state index in [0.29, 0.717) is 23.4 Å². The lowest BCUT2D eigenvalue weighted by atomic mass is 9.87. The predicted octanol–water partition coefficient (Wildman–Crippen LogP) is 3.09. The summed E-state index contributed by atoms with van der Waals surface area (Å²) in [6.45, 7) is 5.56. The molecule has 5 heteroatoms. The van der Waals surface area contributed by atoms with Crippen LogP contribution in [0.3, 0.4) is 0 Å². The highest BCUT2D eigenvalue weighted by Gasteiger charge is 2.25. The fourth-order valence-corrected chi connectivity index (χ4v) is 1.83. The number of benzene rings is 1. The molecule has 0 saturated carbocycles. The first-order chi connectivity index (χ1) is 9.27. The quantitative estimate of drug-likeness (QED) is 0.922. The van der Waals surface area contributed by atoms with Gasteiger partial charge in [-0.15, -0.1) is 0 Å². The van der Waals surface area contributed by atoms with Crippen LogP contribution < -0.4 is 0 Å². The van der Waals surface area contributed by atoms with Crippen LogP contribution in [0.2, 0.25) is 0 Å². The Kier molecular flexibility index (Phi) is 3.70. The lowest BCUT2D eigenvalue weighted by molar-refractivity contribution is -0.125. The van der Waals surface area contributed by atoms with Gasteiger partial charge < -0.3 is 5.11 Å². The molecule has 0 amide bonds. The van der Waals surface area contributed by atoms with E-state index < -0.39 is 11.2 Å². The summed E-state index contributed by atoms with van der Waals surface area (Å²) in [5, 5.41) is 17.1. The van der Waals surface area contributed by atoms with E-state index in [4.69, 9.17) is 0 Å². The number of phenolic OH excluding ortho intramolecular Hbond substituents is 1. The molecule has 0 unspecified atom stereocenters. The van der Waals surface area contributed by atoms with Crippen molar-refractivity contribution in [2.75, 3.05) is 0 Å². The van der Waals surface area contributed by atoms with Crippen molar-refractivity contribution in [1.29, 1.82) is 0 Å². The molecule has 1 heterocycles. The molecule has 1 aliphatic rings. The van der Waals surface area contributed by atoms with Crippen molar-refractivity contribution in [3.63, 3.8) is 0 Å². The standard InChI is InChI=1S/C15H17FN2O2/c1-15(2,3)14(20)7-9-6-13(18-17-9)11-5-4-10(19)8-12(11)16/h4-5,8,19H,6-7H2,1-3H3. The highest BCUT2D eigenvalue weighted by molar-refractivity contribution is 6.19. The summed E-state index contributed by atoms with van der Waals surface area (Å²) in [4.78, 5) is 11.9. The van der Waals surface area contributed by atoms with E-state index in [2.05, 4.69) is 10.2 Å². The predicted molar refractivity (Wildman–Crippen MR) is 75.7 cm³/mol. The second-order valence-electron chi connectivity index (χ2n) is 5.90. The van der Waals surface area contributed by atoms with Gasteiger partial charge in [0.05, 0.1) is 11.4 Å². The highest BCUT2D eigenvalue weighted by atomic mass is 19.1. The van der Waals surface area contributed by atoms with E-state index in [9.17, 15) is 14.3 Å². The molecule has 106 valence electrons. The van der Waals surface area contributed by atoms with Gasteiger partial charge in [0.2, 0.25) is 0 Å². The lowest BCUT2D eigenvalue weighted by Crippen LogP contribution is -2.23. The maximum Gasteiger partial charge on any atom is 0.143 e. The largest absolute Gasteiger partial charge is 0.508 e. The maximum atomic E-state index is 13.7. The molecule has 0 saturated heterocycles. The maximum absolute atomic E-state index is 13.7. The van der Waals surface area contributed by atoms with Gasteiger partial charge in [-0.3, -0.25) is 4.79 Å². The van der Waals surface area contributed by atoms with Gasteiger partial charge >= 0.3 is 0 Å².